The van der Waals surface area contributed by atoms with Crippen LogP contribution in [-0.2, 0) is 4.79 Å². The van der Waals surface area contributed by atoms with Crippen LogP contribution in [0, 0.1) is 11.8 Å². The molecule has 0 aromatic heterocycles. The Morgan fingerprint density at radius 1 is 1.46 bits per heavy atom. The van der Waals surface area contributed by atoms with Crippen molar-refractivity contribution in [1.82, 2.24) is 5.32 Å². The average Bonchev–Trinajstić information content (AvgIpc) is 2.49. The average molecular weight is 183 g/mol. The molecule has 1 rings (SSSR count). The van der Waals surface area contributed by atoms with E-state index in [1.54, 1.807) is 0 Å². The Labute approximate surface area is 81.1 Å². The molecule has 1 fully saturated rings. The van der Waals surface area contributed by atoms with Crippen molar-refractivity contribution < 1.29 is 4.79 Å². The van der Waals surface area contributed by atoms with E-state index >= 15 is 0 Å². The van der Waals surface area contributed by atoms with E-state index in [1.165, 1.54) is 12.8 Å². The van der Waals surface area contributed by atoms with Gasteiger partial charge in [-0.15, -0.1) is 0 Å². The summed E-state index contributed by atoms with van der Waals surface area (Å²) in [6.45, 7) is 6.23. The van der Waals surface area contributed by atoms with Crippen molar-refractivity contribution >= 4 is 5.91 Å². The maximum Gasteiger partial charge on any atom is 0.223 e. The molecule has 1 aliphatic rings. The molecule has 0 aliphatic heterocycles. The van der Waals surface area contributed by atoms with Crippen molar-refractivity contribution in [3.63, 3.8) is 0 Å². The first-order valence-electron chi connectivity index (χ1n) is 5.45. The molecule has 0 spiro atoms. The second-order valence-corrected chi connectivity index (χ2v) is 4.37. The van der Waals surface area contributed by atoms with Crippen molar-refractivity contribution in [2.24, 2.45) is 11.8 Å². The summed E-state index contributed by atoms with van der Waals surface area (Å²) in [6.07, 6.45) is 4.72. The molecule has 2 atom stereocenters. The Bertz CT molecular complexity index is 177. The molecule has 13 heavy (non-hydrogen) atoms. The lowest BCUT2D eigenvalue weighted by molar-refractivity contribution is -0.126. The van der Waals surface area contributed by atoms with Gasteiger partial charge in [0.1, 0.15) is 0 Å². The largest absolute Gasteiger partial charge is 0.354 e. The summed E-state index contributed by atoms with van der Waals surface area (Å²) >= 11 is 0. The van der Waals surface area contributed by atoms with E-state index in [1.807, 2.05) is 13.8 Å². The lowest BCUT2D eigenvalue weighted by Gasteiger charge is -2.18. The van der Waals surface area contributed by atoms with Crippen molar-refractivity contribution in [2.75, 3.05) is 0 Å². The highest BCUT2D eigenvalue weighted by molar-refractivity contribution is 5.79. The van der Waals surface area contributed by atoms with E-state index in [4.69, 9.17) is 0 Å². The lowest BCUT2D eigenvalue weighted by atomic mass is 9.93. The van der Waals surface area contributed by atoms with Gasteiger partial charge in [0, 0.05) is 12.0 Å². The van der Waals surface area contributed by atoms with Gasteiger partial charge in [0.25, 0.3) is 0 Å². The van der Waals surface area contributed by atoms with Crippen LogP contribution >= 0.6 is 0 Å². The molecule has 0 radical (unpaired) electrons. The zero-order chi connectivity index (χ0) is 9.84. The fraction of sp³-hybridized carbons (Fsp3) is 0.909. The predicted octanol–water partition coefficient (Wildman–Crippen LogP) is 2.34. The third-order valence-electron chi connectivity index (χ3n) is 2.95. The van der Waals surface area contributed by atoms with E-state index in [9.17, 15) is 4.79 Å². The van der Waals surface area contributed by atoms with Gasteiger partial charge in [-0.1, -0.05) is 19.8 Å². The van der Waals surface area contributed by atoms with Crippen LogP contribution in [0.2, 0.25) is 0 Å². The van der Waals surface area contributed by atoms with Crippen molar-refractivity contribution in [1.29, 1.82) is 0 Å². The van der Waals surface area contributed by atoms with Crippen LogP contribution in [0.3, 0.4) is 0 Å². The molecule has 1 aliphatic carbocycles. The van der Waals surface area contributed by atoms with Crippen molar-refractivity contribution in [2.45, 2.75) is 52.5 Å². The summed E-state index contributed by atoms with van der Waals surface area (Å²) in [7, 11) is 0. The Balaban J connectivity index is 2.45. The van der Waals surface area contributed by atoms with Crippen LogP contribution in [0.25, 0.3) is 0 Å². The molecule has 0 heterocycles. The summed E-state index contributed by atoms with van der Waals surface area (Å²) in [4.78, 5) is 11.7. The van der Waals surface area contributed by atoms with Gasteiger partial charge in [-0.3, -0.25) is 4.79 Å². The summed E-state index contributed by atoms with van der Waals surface area (Å²) < 4.78 is 0. The van der Waals surface area contributed by atoms with Crippen molar-refractivity contribution in [3.8, 4) is 0 Å². The number of hydrogen-bond acceptors (Lipinski definition) is 1. The number of carbonyl (C=O) groups is 1. The predicted molar refractivity (Wildman–Crippen MR) is 54.4 cm³/mol. The van der Waals surface area contributed by atoms with Gasteiger partial charge in [0.05, 0.1) is 0 Å². The third-order valence-corrected chi connectivity index (χ3v) is 2.95. The van der Waals surface area contributed by atoms with Crippen LogP contribution in [0.1, 0.15) is 46.5 Å². The lowest BCUT2D eigenvalue weighted by Crippen LogP contribution is -2.36. The zero-order valence-corrected chi connectivity index (χ0v) is 8.97. The highest BCUT2D eigenvalue weighted by atomic mass is 16.1. The normalized spacial score (nSPS) is 28.0. The van der Waals surface area contributed by atoms with Gasteiger partial charge < -0.3 is 5.32 Å². The van der Waals surface area contributed by atoms with E-state index in [0.29, 0.717) is 11.8 Å². The minimum Gasteiger partial charge on any atom is -0.354 e. The van der Waals surface area contributed by atoms with Gasteiger partial charge in [0.15, 0.2) is 0 Å². The molecule has 2 heteroatoms. The molecule has 1 saturated carbocycles. The summed E-state index contributed by atoms with van der Waals surface area (Å²) in [6, 6.07) is 0.283. The number of nitrogens with one attached hydrogen (secondary N) is 1. The highest BCUT2D eigenvalue weighted by Gasteiger charge is 2.31. The topological polar surface area (TPSA) is 29.1 Å². The fourth-order valence-corrected chi connectivity index (χ4v) is 2.26. The van der Waals surface area contributed by atoms with E-state index < -0.39 is 0 Å². The van der Waals surface area contributed by atoms with Gasteiger partial charge in [-0.25, -0.2) is 0 Å². The number of rotatable bonds is 3. The van der Waals surface area contributed by atoms with Gasteiger partial charge in [-0.05, 0) is 32.6 Å². The van der Waals surface area contributed by atoms with Crippen LogP contribution in [0.4, 0.5) is 0 Å². The zero-order valence-electron chi connectivity index (χ0n) is 8.97. The monoisotopic (exact) mass is 183 g/mol. The smallest absolute Gasteiger partial charge is 0.223 e. The Morgan fingerprint density at radius 3 is 2.69 bits per heavy atom. The first-order valence-corrected chi connectivity index (χ1v) is 5.45. The SMILES string of the molecule is CCC1CCC[C@@H]1C(=O)NC(C)C. The standard InChI is InChI=1S/C11H21NO/c1-4-9-6-5-7-10(9)11(13)12-8(2)3/h8-10H,4-7H2,1-3H3,(H,12,13)/t9?,10-/m0/s1. The van der Waals surface area contributed by atoms with Gasteiger partial charge in [-0.2, -0.15) is 0 Å². The molecule has 2 nitrogen and oxygen atoms in total. The Hall–Kier alpha value is -0.530. The van der Waals surface area contributed by atoms with Gasteiger partial charge >= 0.3 is 0 Å². The molecule has 0 aromatic rings. The van der Waals surface area contributed by atoms with E-state index in [0.717, 1.165) is 12.8 Å². The van der Waals surface area contributed by atoms with Gasteiger partial charge in [0.2, 0.25) is 5.91 Å². The molecular weight excluding hydrogens is 162 g/mol. The molecule has 0 bridgehead atoms. The first-order chi connectivity index (χ1) is 6.15. The first kappa shape index (κ1) is 10.6. The minimum absolute atomic E-state index is 0.277. The molecule has 1 N–H and O–H groups in total. The second kappa shape index (κ2) is 4.64. The van der Waals surface area contributed by atoms with Crippen LogP contribution in [-0.4, -0.2) is 11.9 Å². The Kier molecular flexibility index (Phi) is 3.76. The molecule has 76 valence electrons. The second-order valence-electron chi connectivity index (χ2n) is 4.37. The van der Waals surface area contributed by atoms with Crippen LogP contribution < -0.4 is 5.32 Å². The maximum absolute atomic E-state index is 11.7. The summed E-state index contributed by atoms with van der Waals surface area (Å²) in [5, 5.41) is 3.01. The fourth-order valence-electron chi connectivity index (χ4n) is 2.26. The number of hydrogen-bond donors (Lipinski definition) is 1. The highest BCUT2D eigenvalue weighted by Crippen LogP contribution is 2.33. The van der Waals surface area contributed by atoms with Crippen molar-refractivity contribution in [3.05, 3.63) is 0 Å². The van der Waals surface area contributed by atoms with Crippen LogP contribution in [0.15, 0.2) is 0 Å². The summed E-state index contributed by atoms with van der Waals surface area (Å²) in [5.74, 6) is 1.21. The molecule has 0 saturated heterocycles. The molecule has 0 aromatic carbocycles. The number of carbonyl (C=O) groups excluding carboxylic acids is 1. The maximum atomic E-state index is 11.7. The van der Waals surface area contributed by atoms with E-state index in [2.05, 4.69) is 12.2 Å². The quantitative estimate of drug-likeness (QED) is 0.715. The Morgan fingerprint density at radius 2 is 2.15 bits per heavy atom. The molecule has 1 amide bonds. The van der Waals surface area contributed by atoms with Crippen LogP contribution in [0.5, 0.6) is 0 Å². The minimum atomic E-state index is 0.277. The summed E-state index contributed by atoms with van der Waals surface area (Å²) in [5.41, 5.74) is 0. The molecule has 1 unspecified atom stereocenters. The molecular formula is C11H21NO. The number of amides is 1. The van der Waals surface area contributed by atoms with E-state index in [-0.39, 0.29) is 11.9 Å². The third kappa shape index (κ3) is 2.71.